The van der Waals surface area contributed by atoms with E-state index >= 15 is 0 Å². The van der Waals surface area contributed by atoms with Gasteiger partial charge in [0.25, 0.3) is 5.56 Å². The molecule has 1 aliphatic rings. The van der Waals surface area contributed by atoms with E-state index in [4.69, 9.17) is 4.98 Å². The van der Waals surface area contributed by atoms with E-state index in [1.165, 1.54) is 16.0 Å². The van der Waals surface area contributed by atoms with Crippen LogP contribution in [0.5, 0.6) is 0 Å². The van der Waals surface area contributed by atoms with Gasteiger partial charge in [-0.2, -0.15) is 0 Å². The molecule has 0 N–H and O–H groups in total. The van der Waals surface area contributed by atoms with Gasteiger partial charge < -0.3 is 0 Å². The third-order valence-corrected chi connectivity index (χ3v) is 8.01. The summed E-state index contributed by atoms with van der Waals surface area (Å²) in [7, 11) is 0. The van der Waals surface area contributed by atoms with Crippen molar-refractivity contribution in [3.05, 3.63) is 98.4 Å². The molecule has 4 aromatic rings. The van der Waals surface area contributed by atoms with Crippen molar-refractivity contribution in [1.82, 2.24) is 9.55 Å². The lowest BCUT2D eigenvalue weighted by Gasteiger charge is -2.33. The topological polar surface area (TPSA) is 34.9 Å². The normalized spacial score (nSPS) is 16.3. The van der Waals surface area contributed by atoms with Crippen LogP contribution in [0.4, 0.5) is 0 Å². The quantitative estimate of drug-likeness (QED) is 0.374. The monoisotopic (exact) mass is 442 g/mol. The van der Waals surface area contributed by atoms with E-state index < -0.39 is 0 Å². The number of aromatic nitrogens is 2. The predicted molar refractivity (Wildman–Crippen MR) is 134 cm³/mol. The Morgan fingerprint density at radius 1 is 1.00 bits per heavy atom. The van der Waals surface area contributed by atoms with Gasteiger partial charge in [0.2, 0.25) is 0 Å². The molecule has 0 amide bonds. The summed E-state index contributed by atoms with van der Waals surface area (Å²) in [5.41, 5.74) is 3.97. The number of hydrogen-bond donors (Lipinski definition) is 0. The Bertz CT molecular complexity index is 1300. The van der Waals surface area contributed by atoms with Crippen molar-refractivity contribution in [2.24, 2.45) is 11.3 Å². The first kappa shape index (κ1) is 21.1. The molecule has 2 heterocycles. The van der Waals surface area contributed by atoms with Crippen molar-refractivity contribution in [3.63, 3.8) is 0 Å². The number of benzene rings is 2. The lowest BCUT2D eigenvalue weighted by Crippen LogP contribution is -2.28. The third-order valence-electron chi connectivity index (χ3n) is 6.86. The van der Waals surface area contributed by atoms with Gasteiger partial charge >= 0.3 is 0 Å². The lowest BCUT2D eigenvalue weighted by atomic mass is 9.72. The Morgan fingerprint density at radius 2 is 1.66 bits per heavy atom. The number of aryl methyl sites for hydroxylation is 1. The second-order valence-electron chi connectivity index (χ2n) is 10.1. The molecule has 0 bridgehead atoms. The molecule has 2 aromatic heterocycles. The Morgan fingerprint density at radius 3 is 2.31 bits per heavy atom. The molecule has 0 radical (unpaired) electrons. The van der Waals surface area contributed by atoms with Gasteiger partial charge in [-0.3, -0.25) is 9.36 Å². The van der Waals surface area contributed by atoms with Gasteiger partial charge in [-0.1, -0.05) is 81.4 Å². The molecule has 32 heavy (non-hydrogen) atoms. The van der Waals surface area contributed by atoms with Crippen molar-refractivity contribution in [2.45, 2.75) is 53.0 Å². The zero-order valence-electron chi connectivity index (χ0n) is 19.1. The average Bonchev–Trinajstić information content (AvgIpc) is 3.15. The SMILES string of the molecule is CC(C)(C)C1CCc2c(sc3nc(Cc4ccccc4)n(Cc4ccccc4)c(=O)c23)C1. The van der Waals surface area contributed by atoms with Crippen LogP contribution in [0.2, 0.25) is 0 Å². The molecule has 3 nitrogen and oxygen atoms in total. The fourth-order valence-electron chi connectivity index (χ4n) is 4.88. The fourth-order valence-corrected chi connectivity index (χ4v) is 6.19. The molecular weight excluding hydrogens is 412 g/mol. The standard InChI is InChI=1S/C28H30N2OS/c1-28(2,3)21-14-15-22-23(17-21)32-26-25(22)27(31)30(18-20-12-8-5-9-13-20)24(29-26)16-19-10-6-4-7-11-19/h4-13,21H,14-18H2,1-3H3. The average molecular weight is 443 g/mol. The molecule has 1 aliphatic carbocycles. The maximum absolute atomic E-state index is 13.9. The zero-order chi connectivity index (χ0) is 22.3. The molecule has 1 unspecified atom stereocenters. The maximum atomic E-state index is 13.9. The summed E-state index contributed by atoms with van der Waals surface area (Å²) in [4.78, 5) is 21.3. The number of rotatable bonds is 4. The number of hydrogen-bond acceptors (Lipinski definition) is 3. The summed E-state index contributed by atoms with van der Waals surface area (Å²) in [6.45, 7) is 7.55. The highest BCUT2D eigenvalue weighted by molar-refractivity contribution is 7.18. The van der Waals surface area contributed by atoms with Gasteiger partial charge in [-0.15, -0.1) is 11.3 Å². The molecule has 0 saturated heterocycles. The summed E-state index contributed by atoms with van der Waals surface area (Å²) >= 11 is 1.75. The van der Waals surface area contributed by atoms with Crippen LogP contribution in [-0.4, -0.2) is 9.55 Å². The molecule has 5 rings (SSSR count). The zero-order valence-corrected chi connectivity index (χ0v) is 19.9. The highest BCUT2D eigenvalue weighted by Crippen LogP contribution is 2.42. The molecule has 164 valence electrons. The van der Waals surface area contributed by atoms with E-state index in [9.17, 15) is 4.79 Å². The van der Waals surface area contributed by atoms with E-state index in [0.29, 0.717) is 18.9 Å². The minimum atomic E-state index is 0.122. The summed E-state index contributed by atoms with van der Waals surface area (Å²) < 4.78 is 1.91. The van der Waals surface area contributed by atoms with Gasteiger partial charge in [-0.05, 0) is 47.3 Å². The summed E-state index contributed by atoms with van der Waals surface area (Å²) in [5.74, 6) is 1.50. The molecule has 1 atom stereocenters. The Labute approximate surface area is 193 Å². The Balaban J connectivity index is 1.64. The van der Waals surface area contributed by atoms with Crippen LogP contribution in [0.1, 0.15) is 54.6 Å². The first-order valence-electron chi connectivity index (χ1n) is 11.5. The summed E-state index contributed by atoms with van der Waals surface area (Å²) in [5, 5.41) is 0.866. The van der Waals surface area contributed by atoms with Gasteiger partial charge in [0.05, 0.1) is 11.9 Å². The maximum Gasteiger partial charge on any atom is 0.262 e. The van der Waals surface area contributed by atoms with Crippen LogP contribution < -0.4 is 5.56 Å². The van der Waals surface area contributed by atoms with Crippen LogP contribution in [0.25, 0.3) is 10.2 Å². The van der Waals surface area contributed by atoms with Gasteiger partial charge in [0, 0.05) is 11.3 Å². The van der Waals surface area contributed by atoms with Crippen molar-refractivity contribution in [3.8, 4) is 0 Å². The van der Waals surface area contributed by atoms with E-state index in [2.05, 4.69) is 45.0 Å². The van der Waals surface area contributed by atoms with Crippen LogP contribution in [0.3, 0.4) is 0 Å². The van der Waals surface area contributed by atoms with Crippen molar-refractivity contribution >= 4 is 21.6 Å². The lowest BCUT2D eigenvalue weighted by molar-refractivity contribution is 0.218. The fraction of sp³-hybridized carbons (Fsp3) is 0.357. The second-order valence-corrected chi connectivity index (χ2v) is 11.1. The summed E-state index contributed by atoms with van der Waals surface area (Å²) in [6.07, 6.45) is 3.85. The minimum absolute atomic E-state index is 0.122. The first-order valence-corrected chi connectivity index (χ1v) is 12.3. The van der Waals surface area contributed by atoms with Gasteiger partial charge in [-0.25, -0.2) is 4.98 Å². The van der Waals surface area contributed by atoms with Crippen LogP contribution >= 0.6 is 11.3 Å². The van der Waals surface area contributed by atoms with Crippen molar-refractivity contribution in [2.75, 3.05) is 0 Å². The molecule has 0 spiro atoms. The van der Waals surface area contributed by atoms with E-state index in [1.54, 1.807) is 11.3 Å². The van der Waals surface area contributed by atoms with Crippen LogP contribution in [-0.2, 0) is 25.8 Å². The molecular formula is C28H30N2OS. The smallest absolute Gasteiger partial charge is 0.262 e. The molecule has 2 aromatic carbocycles. The highest BCUT2D eigenvalue weighted by Gasteiger charge is 2.32. The molecule has 4 heteroatoms. The molecule has 0 aliphatic heterocycles. The van der Waals surface area contributed by atoms with E-state index in [0.717, 1.165) is 40.9 Å². The van der Waals surface area contributed by atoms with Gasteiger partial charge in [0.1, 0.15) is 10.7 Å². The highest BCUT2D eigenvalue weighted by atomic mass is 32.1. The third kappa shape index (κ3) is 4.04. The predicted octanol–water partition coefficient (Wildman–Crippen LogP) is 6.25. The number of fused-ring (bicyclic) bond motifs is 3. The van der Waals surface area contributed by atoms with E-state index in [1.807, 2.05) is 41.0 Å². The van der Waals surface area contributed by atoms with Crippen molar-refractivity contribution < 1.29 is 0 Å². The summed E-state index contributed by atoms with van der Waals surface area (Å²) in [6, 6.07) is 20.6. The van der Waals surface area contributed by atoms with Crippen LogP contribution in [0, 0.1) is 11.3 Å². The number of thiophene rings is 1. The molecule has 0 saturated carbocycles. The van der Waals surface area contributed by atoms with Crippen LogP contribution in [0.15, 0.2) is 65.5 Å². The second kappa shape index (κ2) is 8.32. The largest absolute Gasteiger partial charge is 0.291 e. The van der Waals surface area contributed by atoms with E-state index in [-0.39, 0.29) is 11.0 Å². The first-order chi connectivity index (χ1) is 15.4. The Hall–Kier alpha value is -2.72. The van der Waals surface area contributed by atoms with Gasteiger partial charge in [0.15, 0.2) is 0 Å². The van der Waals surface area contributed by atoms with Crippen molar-refractivity contribution in [1.29, 1.82) is 0 Å². The minimum Gasteiger partial charge on any atom is -0.291 e. The Kier molecular flexibility index (Phi) is 5.50. The number of nitrogens with zero attached hydrogens (tertiary/aromatic N) is 2. The molecule has 0 fully saturated rings.